The maximum absolute atomic E-state index is 11.6. The molecule has 1 aliphatic heterocycles. The number of carboxylic acids is 1. The molecule has 6 nitrogen and oxygen atoms in total. The zero-order chi connectivity index (χ0) is 12.1. The molecule has 0 aromatic carbocycles. The summed E-state index contributed by atoms with van der Waals surface area (Å²) in [6.45, 7) is 0.340. The molecule has 0 saturated carbocycles. The van der Waals surface area contributed by atoms with E-state index in [1.165, 1.54) is 0 Å². The summed E-state index contributed by atoms with van der Waals surface area (Å²) < 4.78 is 0. The van der Waals surface area contributed by atoms with Crippen molar-refractivity contribution in [3.05, 3.63) is 0 Å². The molecule has 88 valence electrons. The highest BCUT2D eigenvalue weighted by Crippen LogP contribution is 2.17. The standard InChI is InChI=1S/C10H14N2O4/c1-2-3-4-11-10(16)12-6-7(13)5-8(12)9(14)15/h1,7-8,13H,3-6H2,(H,11,16)(H,14,15)/t7-,8-/m0/s1. The van der Waals surface area contributed by atoms with Crippen molar-refractivity contribution in [3.8, 4) is 12.3 Å². The maximum atomic E-state index is 11.6. The second-order valence-corrected chi connectivity index (χ2v) is 3.58. The highest BCUT2D eigenvalue weighted by atomic mass is 16.4. The van der Waals surface area contributed by atoms with Crippen molar-refractivity contribution in [2.24, 2.45) is 0 Å². The number of aliphatic hydroxyl groups excluding tert-OH is 1. The molecule has 0 bridgehead atoms. The Bertz CT molecular complexity index is 323. The zero-order valence-corrected chi connectivity index (χ0v) is 8.72. The molecule has 0 radical (unpaired) electrons. The van der Waals surface area contributed by atoms with Crippen molar-refractivity contribution >= 4 is 12.0 Å². The molecular weight excluding hydrogens is 212 g/mol. The molecule has 1 heterocycles. The number of likely N-dealkylation sites (tertiary alicyclic amines) is 1. The molecule has 1 rings (SSSR count). The number of rotatable bonds is 3. The monoisotopic (exact) mass is 226 g/mol. The number of nitrogens with zero attached hydrogens (tertiary/aromatic N) is 1. The molecule has 0 unspecified atom stereocenters. The van der Waals surface area contributed by atoms with Gasteiger partial charge in [0.05, 0.1) is 6.10 Å². The Morgan fingerprint density at radius 2 is 2.25 bits per heavy atom. The van der Waals surface area contributed by atoms with Crippen LogP contribution in [0.2, 0.25) is 0 Å². The Hall–Kier alpha value is -1.74. The van der Waals surface area contributed by atoms with E-state index in [2.05, 4.69) is 11.2 Å². The van der Waals surface area contributed by atoms with Crippen LogP contribution in [0.5, 0.6) is 0 Å². The summed E-state index contributed by atoms with van der Waals surface area (Å²) in [5, 5.41) is 20.7. The van der Waals surface area contributed by atoms with Gasteiger partial charge in [0.1, 0.15) is 6.04 Å². The fourth-order valence-corrected chi connectivity index (χ4v) is 1.62. The number of carboxylic acid groups (broad SMARTS) is 1. The fraction of sp³-hybridized carbons (Fsp3) is 0.600. The number of aliphatic carboxylic acids is 1. The fourth-order valence-electron chi connectivity index (χ4n) is 1.62. The minimum atomic E-state index is -1.11. The average Bonchev–Trinajstić information content (AvgIpc) is 2.61. The number of hydrogen-bond donors (Lipinski definition) is 3. The normalized spacial score (nSPS) is 23.9. The van der Waals surface area contributed by atoms with E-state index in [-0.39, 0.29) is 13.0 Å². The molecule has 0 aromatic heterocycles. The van der Waals surface area contributed by atoms with E-state index in [4.69, 9.17) is 11.5 Å². The van der Waals surface area contributed by atoms with Gasteiger partial charge in [-0.2, -0.15) is 0 Å². The topological polar surface area (TPSA) is 89.9 Å². The van der Waals surface area contributed by atoms with Crippen LogP contribution in [-0.2, 0) is 4.79 Å². The van der Waals surface area contributed by atoms with Gasteiger partial charge >= 0.3 is 12.0 Å². The molecule has 1 aliphatic rings. The number of carbonyl (C=O) groups is 2. The molecule has 2 amide bonds. The van der Waals surface area contributed by atoms with Crippen LogP contribution in [0.4, 0.5) is 4.79 Å². The predicted octanol–water partition coefficient (Wildman–Crippen LogP) is -0.761. The highest BCUT2D eigenvalue weighted by Gasteiger charge is 2.38. The van der Waals surface area contributed by atoms with Gasteiger partial charge in [-0.05, 0) is 0 Å². The number of aliphatic hydroxyl groups is 1. The van der Waals surface area contributed by atoms with E-state index >= 15 is 0 Å². The van der Waals surface area contributed by atoms with Gasteiger partial charge in [0.15, 0.2) is 0 Å². The van der Waals surface area contributed by atoms with Gasteiger partial charge in [0.2, 0.25) is 0 Å². The summed E-state index contributed by atoms with van der Waals surface area (Å²) in [4.78, 5) is 23.5. The van der Waals surface area contributed by atoms with Gasteiger partial charge in [0, 0.05) is 25.9 Å². The van der Waals surface area contributed by atoms with Crippen LogP contribution in [0.1, 0.15) is 12.8 Å². The third-order valence-corrected chi connectivity index (χ3v) is 2.37. The lowest BCUT2D eigenvalue weighted by Crippen LogP contribution is -2.46. The summed E-state index contributed by atoms with van der Waals surface area (Å²) in [5.74, 6) is 1.25. The molecule has 6 heteroatoms. The van der Waals surface area contributed by atoms with Crippen molar-refractivity contribution in [2.45, 2.75) is 25.0 Å². The van der Waals surface area contributed by atoms with Crippen LogP contribution in [0.15, 0.2) is 0 Å². The lowest BCUT2D eigenvalue weighted by molar-refractivity contribution is -0.141. The van der Waals surface area contributed by atoms with Crippen molar-refractivity contribution in [1.82, 2.24) is 10.2 Å². The van der Waals surface area contributed by atoms with Crippen molar-refractivity contribution in [3.63, 3.8) is 0 Å². The molecule has 0 aliphatic carbocycles. The quantitative estimate of drug-likeness (QED) is 0.436. The SMILES string of the molecule is C#CCCNC(=O)N1C[C@@H](O)C[C@H]1C(=O)O. The van der Waals surface area contributed by atoms with Gasteiger partial charge in [-0.1, -0.05) is 0 Å². The number of hydrogen-bond acceptors (Lipinski definition) is 3. The van der Waals surface area contributed by atoms with Crippen LogP contribution < -0.4 is 5.32 Å². The number of terminal acetylenes is 1. The molecule has 3 N–H and O–H groups in total. The lowest BCUT2D eigenvalue weighted by atomic mass is 10.2. The van der Waals surface area contributed by atoms with Gasteiger partial charge < -0.3 is 20.4 Å². The summed E-state index contributed by atoms with van der Waals surface area (Å²) >= 11 is 0. The maximum Gasteiger partial charge on any atom is 0.326 e. The number of carbonyl (C=O) groups excluding carboxylic acids is 1. The van der Waals surface area contributed by atoms with Crippen molar-refractivity contribution < 1.29 is 19.8 Å². The van der Waals surface area contributed by atoms with Crippen LogP contribution in [0.3, 0.4) is 0 Å². The van der Waals surface area contributed by atoms with E-state index in [0.29, 0.717) is 13.0 Å². The summed E-state index contributed by atoms with van der Waals surface area (Å²) in [5.41, 5.74) is 0. The number of amides is 2. The minimum absolute atomic E-state index is 0.0405. The molecule has 1 saturated heterocycles. The first-order valence-electron chi connectivity index (χ1n) is 4.95. The number of β-amino-alcohol motifs (C(OH)–C–C–N with tert-alkyl or cyclic N) is 1. The summed E-state index contributed by atoms with van der Waals surface area (Å²) in [6.07, 6.45) is 4.69. The first-order chi connectivity index (χ1) is 7.56. The first-order valence-corrected chi connectivity index (χ1v) is 4.95. The van der Waals surface area contributed by atoms with Gasteiger partial charge in [-0.25, -0.2) is 9.59 Å². The average molecular weight is 226 g/mol. The molecule has 0 aromatic rings. The first kappa shape index (κ1) is 12.3. The van der Waals surface area contributed by atoms with Crippen LogP contribution in [0.25, 0.3) is 0 Å². The number of nitrogens with one attached hydrogen (secondary N) is 1. The van der Waals surface area contributed by atoms with Gasteiger partial charge in [-0.3, -0.25) is 0 Å². The second-order valence-electron chi connectivity index (χ2n) is 3.58. The predicted molar refractivity (Wildman–Crippen MR) is 55.6 cm³/mol. The zero-order valence-electron chi connectivity index (χ0n) is 8.72. The Balaban J connectivity index is 2.54. The third-order valence-electron chi connectivity index (χ3n) is 2.37. The Kier molecular flexibility index (Phi) is 4.14. The highest BCUT2D eigenvalue weighted by molar-refractivity contribution is 5.83. The molecule has 0 spiro atoms. The van der Waals surface area contributed by atoms with E-state index in [1.807, 2.05) is 0 Å². The smallest absolute Gasteiger partial charge is 0.326 e. The Morgan fingerprint density at radius 1 is 1.56 bits per heavy atom. The molecular formula is C10H14N2O4. The van der Waals surface area contributed by atoms with E-state index < -0.39 is 24.1 Å². The minimum Gasteiger partial charge on any atom is -0.480 e. The van der Waals surface area contributed by atoms with Crippen LogP contribution >= 0.6 is 0 Å². The van der Waals surface area contributed by atoms with Crippen molar-refractivity contribution in [1.29, 1.82) is 0 Å². The lowest BCUT2D eigenvalue weighted by Gasteiger charge is -2.21. The molecule has 16 heavy (non-hydrogen) atoms. The van der Waals surface area contributed by atoms with Gasteiger partial charge in [-0.15, -0.1) is 12.3 Å². The van der Waals surface area contributed by atoms with E-state index in [1.54, 1.807) is 0 Å². The second kappa shape index (κ2) is 5.37. The summed E-state index contributed by atoms with van der Waals surface area (Å²) in [7, 11) is 0. The molecule has 2 atom stereocenters. The Morgan fingerprint density at radius 3 is 2.81 bits per heavy atom. The number of urea groups is 1. The molecule has 1 fully saturated rings. The largest absolute Gasteiger partial charge is 0.480 e. The van der Waals surface area contributed by atoms with E-state index in [9.17, 15) is 14.7 Å². The van der Waals surface area contributed by atoms with E-state index in [0.717, 1.165) is 4.90 Å². The Labute approximate surface area is 93.2 Å². The van der Waals surface area contributed by atoms with Crippen LogP contribution in [-0.4, -0.2) is 52.3 Å². The van der Waals surface area contributed by atoms with Crippen LogP contribution in [0, 0.1) is 12.3 Å². The van der Waals surface area contributed by atoms with Gasteiger partial charge in [0.25, 0.3) is 0 Å². The van der Waals surface area contributed by atoms with Crippen molar-refractivity contribution in [2.75, 3.05) is 13.1 Å². The third kappa shape index (κ3) is 2.87. The summed E-state index contributed by atoms with van der Waals surface area (Å²) in [6, 6.07) is -1.46.